The number of halogens is 3. The van der Waals surface area contributed by atoms with E-state index in [4.69, 9.17) is 10.5 Å². The number of rotatable bonds is 6. The molecule has 3 aromatic heterocycles. The number of hydrogen-bond donors (Lipinski definition) is 1. The van der Waals surface area contributed by atoms with Crippen LogP contribution in [0.15, 0.2) is 72.9 Å². The van der Waals surface area contributed by atoms with Crippen LogP contribution in [0.4, 0.5) is 19.1 Å². The van der Waals surface area contributed by atoms with Crippen molar-refractivity contribution < 1.29 is 17.9 Å². The minimum absolute atomic E-state index is 0.0411. The lowest BCUT2D eigenvalue weighted by Crippen LogP contribution is -2.07. The van der Waals surface area contributed by atoms with Crippen molar-refractivity contribution in [3.8, 4) is 28.3 Å². The van der Waals surface area contributed by atoms with Crippen molar-refractivity contribution in [1.29, 1.82) is 0 Å². The molecule has 0 saturated carbocycles. The summed E-state index contributed by atoms with van der Waals surface area (Å²) in [6.45, 7) is 1.66. The molecule has 5 rings (SSSR count). The molecule has 0 bridgehead atoms. The molecule has 0 radical (unpaired) electrons. The molecule has 0 saturated heterocycles. The van der Waals surface area contributed by atoms with Gasteiger partial charge in [0.15, 0.2) is 0 Å². The van der Waals surface area contributed by atoms with Crippen LogP contribution in [0, 0.1) is 12.7 Å². The Bertz CT molecular complexity index is 1550. The third-order valence-electron chi connectivity index (χ3n) is 5.60. The SMILES string of the molecule is Cc1cc(-c2c(OCc3nccc4ccccc34)nc(N)nc2-c2ccc(F)cc2)cc(C(F)F)n1. The van der Waals surface area contributed by atoms with Gasteiger partial charge in [0.2, 0.25) is 11.8 Å². The van der Waals surface area contributed by atoms with Crippen molar-refractivity contribution in [1.82, 2.24) is 19.9 Å². The molecule has 0 aliphatic rings. The Morgan fingerprint density at radius 2 is 1.69 bits per heavy atom. The summed E-state index contributed by atoms with van der Waals surface area (Å²) in [4.78, 5) is 17.0. The second-order valence-electron chi connectivity index (χ2n) is 8.11. The standard InChI is InChI=1S/C27H20F3N5O/c1-15-12-18(13-21(33-15)25(29)30)23-24(17-6-8-19(28)9-7-17)34-27(31)35-26(23)36-14-22-20-5-3-2-4-16(20)10-11-32-22/h2-13,25H,14H2,1H3,(H2,31,34,35). The first-order valence-corrected chi connectivity index (χ1v) is 11.0. The van der Waals surface area contributed by atoms with Crippen molar-refractivity contribution in [2.45, 2.75) is 20.0 Å². The van der Waals surface area contributed by atoms with Crippen molar-refractivity contribution in [3.63, 3.8) is 0 Å². The summed E-state index contributed by atoms with van der Waals surface area (Å²) >= 11 is 0. The topological polar surface area (TPSA) is 86.8 Å². The van der Waals surface area contributed by atoms with E-state index >= 15 is 0 Å². The molecule has 0 amide bonds. The molecule has 9 heteroatoms. The van der Waals surface area contributed by atoms with E-state index in [0.717, 1.165) is 10.8 Å². The summed E-state index contributed by atoms with van der Waals surface area (Å²) in [5, 5.41) is 1.90. The first-order valence-electron chi connectivity index (χ1n) is 11.0. The van der Waals surface area contributed by atoms with Crippen LogP contribution in [0.5, 0.6) is 5.88 Å². The number of fused-ring (bicyclic) bond motifs is 1. The number of nitrogen functional groups attached to an aromatic ring is 1. The number of benzene rings is 2. The van der Waals surface area contributed by atoms with Gasteiger partial charge in [0.1, 0.15) is 18.1 Å². The van der Waals surface area contributed by atoms with E-state index in [1.54, 1.807) is 19.2 Å². The molecule has 0 unspecified atom stereocenters. The van der Waals surface area contributed by atoms with Gasteiger partial charge < -0.3 is 10.5 Å². The Kier molecular flexibility index (Phi) is 6.20. The fourth-order valence-electron chi connectivity index (χ4n) is 4.02. The predicted octanol–water partition coefficient (Wildman–Crippen LogP) is 6.30. The number of nitrogens with two attached hydrogens (primary N) is 1. The maximum absolute atomic E-state index is 13.6. The van der Waals surface area contributed by atoms with Crippen LogP contribution in [-0.4, -0.2) is 19.9 Å². The molecule has 3 heterocycles. The zero-order chi connectivity index (χ0) is 25.2. The number of pyridine rings is 2. The molecular weight excluding hydrogens is 467 g/mol. The molecule has 6 nitrogen and oxygen atoms in total. The summed E-state index contributed by atoms with van der Waals surface area (Å²) in [6.07, 6.45) is -1.10. The van der Waals surface area contributed by atoms with Gasteiger partial charge in [-0.3, -0.25) is 9.97 Å². The fourth-order valence-corrected chi connectivity index (χ4v) is 4.02. The first-order chi connectivity index (χ1) is 17.4. The molecule has 5 aromatic rings. The molecule has 180 valence electrons. The monoisotopic (exact) mass is 487 g/mol. The predicted molar refractivity (Wildman–Crippen MR) is 131 cm³/mol. The Morgan fingerprint density at radius 3 is 2.47 bits per heavy atom. The van der Waals surface area contributed by atoms with E-state index in [1.165, 1.54) is 30.3 Å². The summed E-state index contributed by atoms with van der Waals surface area (Å²) in [5.41, 5.74) is 8.21. The smallest absolute Gasteiger partial charge is 0.280 e. The fraction of sp³-hybridized carbons (Fsp3) is 0.111. The Balaban J connectivity index is 1.67. The number of hydrogen-bond acceptors (Lipinski definition) is 6. The van der Waals surface area contributed by atoms with Crippen LogP contribution in [-0.2, 0) is 6.61 Å². The minimum atomic E-state index is -2.78. The van der Waals surface area contributed by atoms with E-state index < -0.39 is 17.9 Å². The van der Waals surface area contributed by atoms with Gasteiger partial charge in [-0.2, -0.15) is 4.98 Å². The van der Waals surface area contributed by atoms with E-state index in [-0.39, 0.29) is 18.4 Å². The van der Waals surface area contributed by atoms with Crippen LogP contribution in [0.25, 0.3) is 33.2 Å². The quantitative estimate of drug-likeness (QED) is 0.302. The highest BCUT2D eigenvalue weighted by Gasteiger charge is 2.22. The van der Waals surface area contributed by atoms with Gasteiger partial charge in [-0.1, -0.05) is 24.3 Å². The van der Waals surface area contributed by atoms with E-state index in [9.17, 15) is 13.2 Å². The third-order valence-corrected chi connectivity index (χ3v) is 5.60. The third kappa shape index (κ3) is 4.68. The number of ether oxygens (including phenoxy) is 1. The number of aryl methyl sites for hydroxylation is 1. The van der Waals surface area contributed by atoms with Gasteiger partial charge >= 0.3 is 0 Å². The Hall–Kier alpha value is -4.53. The van der Waals surface area contributed by atoms with E-state index in [1.807, 2.05) is 30.3 Å². The maximum atomic E-state index is 13.6. The van der Waals surface area contributed by atoms with Crippen LogP contribution in [0.3, 0.4) is 0 Å². The number of aromatic nitrogens is 4. The van der Waals surface area contributed by atoms with E-state index in [2.05, 4.69) is 19.9 Å². The molecule has 0 aliphatic heterocycles. The van der Waals surface area contributed by atoms with Gasteiger partial charge in [-0.15, -0.1) is 0 Å². The minimum Gasteiger partial charge on any atom is -0.471 e. The average molecular weight is 487 g/mol. The van der Waals surface area contributed by atoms with Gasteiger partial charge in [0.25, 0.3) is 6.43 Å². The second-order valence-corrected chi connectivity index (χ2v) is 8.11. The summed E-state index contributed by atoms with van der Waals surface area (Å²) < 4.78 is 46.9. The van der Waals surface area contributed by atoms with Crippen molar-refractivity contribution in [2.75, 3.05) is 5.73 Å². The van der Waals surface area contributed by atoms with E-state index in [0.29, 0.717) is 33.8 Å². The maximum Gasteiger partial charge on any atom is 0.280 e. The van der Waals surface area contributed by atoms with Gasteiger partial charge in [-0.05, 0) is 60.3 Å². The first kappa shape index (κ1) is 23.2. The lowest BCUT2D eigenvalue weighted by atomic mass is 9.99. The second kappa shape index (κ2) is 9.61. The average Bonchev–Trinajstić information content (AvgIpc) is 2.87. The Labute approximate surface area is 204 Å². The highest BCUT2D eigenvalue weighted by atomic mass is 19.3. The molecular formula is C27H20F3N5O. The molecule has 2 N–H and O–H groups in total. The molecule has 36 heavy (non-hydrogen) atoms. The summed E-state index contributed by atoms with van der Waals surface area (Å²) in [5.74, 6) is -0.429. The van der Waals surface area contributed by atoms with Crippen molar-refractivity contribution in [2.24, 2.45) is 0 Å². The number of nitrogens with zero attached hydrogens (tertiary/aromatic N) is 4. The van der Waals surface area contributed by atoms with Gasteiger partial charge in [0.05, 0.1) is 17.0 Å². The van der Waals surface area contributed by atoms with Crippen LogP contribution >= 0.6 is 0 Å². The van der Waals surface area contributed by atoms with Crippen LogP contribution in [0.1, 0.15) is 23.5 Å². The normalized spacial score (nSPS) is 11.2. The van der Waals surface area contributed by atoms with Crippen LogP contribution < -0.4 is 10.5 Å². The van der Waals surface area contributed by atoms with Gasteiger partial charge in [-0.25, -0.2) is 18.2 Å². The molecule has 0 fully saturated rings. The largest absolute Gasteiger partial charge is 0.471 e. The zero-order valence-electron chi connectivity index (χ0n) is 19.1. The highest BCUT2D eigenvalue weighted by molar-refractivity contribution is 5.86. The van der Waals surface area contributed by atoms with Crippen molar-refractivity contribution in [3.05, 3.63) is 95.8 Å². The number of alkyl halides is 2. The highest BCUT2D eigenvalue weighted by Crippen LogP contribution is 2.39. The van der Waals surface area contributed by atoms with Crippen molar-refractivity contribution >= 4 is 16.7 Å². The summed E-state index contributed by atoms with van der Waals surface area (Å²) in [7, 11) is 0. The molecule has 0 aliphatic carbocycles. The summed E-state index contributed by atoms with van der Waals surface area (Å²) in [6, 6.07) is 18.1. The van der Waals surface area contributed by atoms with Gasteiger partial charge in [0, 0.05) is 22.8 Å². The Morgan fingerprint density at radius 1 is 0.917 bits per heavy atom. The lowest BCUT2D eigenvalue weighted by molar-refractivity contribution is 0.146. The lowest BCUT2D eigenvalue weighted by Gasteiger charge is -2.17. The number of anilines is 1. The van der Waals surface area contributed by atoms with Crippen LogP contribution in [0.2, 0.25) is 0 Å². The molecule has 0 atom stereocenters. The molecule has 0 spiro atoms. The molecule has 2 aromatic carbocycles. The zero-order valence-corrected chi connectivity index (χ0v) is 19.1.